The van der Waals surface area contributed by atoms with E-state index in [0.717, 1.165) is 40.7 Å². The molecule has 0 atom stereocenters. The smallest absolute Gasteiger partial charge is 0.134 e. The summed E-state index contributed by atoms with van der Waals surface area (Å²) in [6, 6.07) is 0. The predicted molar refractivity (Wildman–Crippen MR) is 82.9 cm³/mol. The molecule has 2 aromatic heterocycles. The molecule has 2 heterocycles. The maximum Gasteiger partial charge on any atom is 0.134 e. The normalized spacial score (nSPS) is 10.7. The molecule has 0 unspecified atom stereocenters. The molecule has 2 aromatic rings. The Morgan fingerprint density at radius 1 is 1.53 bits per heavy atom. The van der Waals surface area contributed by atoms with Crippen LogP contribution in [0, 0.1) is 13.8 Å². The zero-order valence-corrected chi connectivity index (χ0v) is 12.9. The minimum absolute atomic E-state index is 0.373. The van der Waals surface area contributed by atoms with Gasteiger partial charge in [0.15, 0.2) is 0 Å². The number of hydrogen-bond acceptors (Lipinski definition) is 5. The molecular formula is C12H17N5S2. The summed E-state index contributed by atoms with van der Waals surface area (Å²) in [5.41, 5.74) is 8.52. The molecule has 0 aromatic carbocycles. The van der Waals surface area contributed by atoms with Crippen LogP contribution in [0.3, 0.4) is 0 Å². The highest BCUT2D eigenvalue weighted by Crippen LogP contribution is 2.18. The fourth-order valence-corrected chi connectivity index (χ4v) is 2.88. The van der Waals surface area contributed by atoms with Gasteiger partial charge < -0.3 is 11.1 Å². The Balaban J connectivity index is 2.05. The molecule has 0 radical (unpaired) electrons. The molecule has 0 aliphatic rings. The topological polar surface area (TPSA) is 68.8 Å². The van der Waals surface area contributed by atoms with Crippen LogP contribution in [0.25, 0.3) is 0 Å². The number of thiazole rings is 1. The third-order valence-corrected chi connectivity index (χ3v) is 3.84. The molecule has 0 saturated heterocycles. The third kappa shape index (κ3) is 3.10. The summed E-state index contributed by atoms with van der Waals surface area (Å²) in [4.78, 5) is 4.81. The summed E-state index contributed by atoms with van der Waals surface area (Å²) in [6.45, 7) is 4.69. The van der Waals surface area contributed by atoms with Crippen molar-refractivity contribution in [3.05, 3.63) is 27.3 Å². The van der Waals surface area contributed by atoms with E-state index in [1.54, 1.807) is 16.0 Å². The standard InChI is InChI=1S/C12H17N5S2/c1-7-10(11(13)18)12(17(3)16-7)14-5-4-9-6-19-8(2)15-9/h6,14H,4-5H2,1-3H3,(H2,13,18). The molecule has 0 spiro atoms. The number of hydrogen-bond donors (Lipinski definition) is 2. The number of nitrogens with one attached hydrogen (secondary N) is 1. The molecule has 7 heteroatoms. The van der Waals surface area contributed by atoms with Crippen LogP contribution in [0.15, 0.2) is 5.38 Å². The van der Waals surface area contributed by atoms with Gasteiger partial charge in [-0.3, -0.25) is 4.68 Å². The lowest BCUT2D eigenvalue weighted by molar-refractivity contribution is 0.756. The Hall–Kier alpha value is -1.47. The van der Waals surface area contributed by atoms with E-state index in [2.05, 4.69) is 20.8 Å². The molecule has 5 nitrogen and oxygen atoms in total. The number of nitrogens with zero attached hydrogens (tertiary/aromatic N) is 3. The molecule has 0 fully saturated rings. The zero-order valence-electron chi connectivity index (χ0n) is 11.2. The second kappa shape index (κ2) is 5.66. The van der Waals surface area contributed by atoms with Crippen molar-refractivity contribution in [2.45, 2.75) is 20.3 Å². The van der Waals surface area contributed by atoms with E-state index in [1.807, 2.05) is 20.9 Å². The first kappa shape index (κ1) is 14.0. The highest BCUT2D eigenvalue weighted by molar-refractivity contribution is 7.80. The molecule has 2 rings (SSSR count). The van der Waals surface area contributed by atoms with Gasteiger partial charge in [-0.15, -0.1) is 11.3 Å². The minimum Gasteiger partial charge on any atom is -0.389 e. The van der Waals surface area contributed by atoms with Gasteiger partial charge in [-0.2, -0.15) is 5.10 Å². The average molecular weight is 295 g/mol. The van der Waals surface area contributed by atoms with E-state index in [9.17, 15) is 0 Å². The maximum absolute atomic E-state index is 5.74. The fraction of sp³-hybridized carbons (Fsp3) is 0.417. The largest absolute Gasteiger partial charge is 0.389 e. The van der Waals surface area contributed by atoms with Gasteiger partial charge in [0.05, 0.1) is 22.0 Å². The van der Waals surface area contributed by atoms with Crippen molar-refractivity contribution in [1.29, 1.82) is 0 Å². The maximum atomic E-state index is 5.74. The molecule has 102 valence electrons. The van der Waals surface area contributed by atoms with E-state index in [-0.39, 0.29) is 0 Å². The van der Waals surface area contributed by atoms with Crippen LogP contribution in [-0.2, 0) is 13.5 Å². The summed E-state index contributed by atoms with van der Waals surface area (Å²) in [7, 11) is 1.88. The molecule has 0 bridgehead atoms. The van der Waals surface area contributed by atoms with Crippen LogP contribution in [0.1, 0.15) is 22.0 Å². The van der Waals surface area contributed by atoms with Crippen LogP contribution >= 0.6 is 23.6 Å². The van der Waals surface area contributed by atoms with Crippen LogP contribution in [0.4, 0.5) is 5.82 Å². The number of aryl methyl sites for hydroxylation is 3. The molecule has 0 aliphatic heterocycles. The Kier molecular flexibility index (Phi) is 4.16. The van der Waals surface area contributed by atoms with Crippen molar-refractivity contribution in [3.8, 4) is 0 Å². The van der Waals surface area contributed by atoms with Crippen molar-refractivity contribution in [1.82, 2.24) is 14.8 Å². The van der Waals surface area contributed by atoms with Crippen LogP contribution in [0.2, 0.25) is 0 Å². The predicted octanol–water partition coefficient (Wildman–Crippen LogP) is 1.78. The molecule has 0 amide bonds. The van der Waals surface area contributed by atoms with Gasteiger partial charge in [-0.25, -0.2) is 4.98 Å². The van der Waals surface area contributed by atoms with E-state index in [4.69, 9.17) is 18.0 Å². The number of rotatable bonds is 5. The van der Waals surface area contributed by atoms with Crippen molar-refractivity contribution >= 4 is 34.4 Å². The first-order chi connectivity index (χ1) is 8.99. The molecule has 3 N–H and O–H groups in total. The first-order valence-electron chi connectivity index (χ1n) is 5.97. The SMILES string of the molecule is Cc1nc(CCNc2c(C(N)=S)c(C)nn2C)cs1. The van der Waals surface area contributed by atoms with E-state index in [0.29, 0.717) is 4.99 Å². The van der Waals surface area contributed by atoms with Gasteiger partial charge >= 0.3 is 0 Å². The van der Waals surface area contributed by atoms with Crippen LogP contribution < -0.4 is 11.1 Å². The van der Waals surface area contributed by atoms with E-state index >= 15 is 0 Å². The number of anilines is 1. The lowest BCUT2D eigenvalue weighted by Gasteiger charge is -2.08. The van der Waals surface area contributed by atoms with Crippen molar-refractivity contribution in [2.24, 2.45) is 12.8 Å². The van der Waals surface area contributed by atoms with Gasteiger partial charge in [-0.1, -0.05) is 12.2 Å². The van der Waals surface area contributed by atoms with E-state index < -0.39 is 0 Å². The van der Waals surface area contributed by atoms with Crippen molar-refractivity contribution < 1.29 is 0 Å². The number of thiocarbonyl (C=S) groups is 1. The van der Waals surface area contributed by atoms with Crippen LogP contribution in [0.5, 0.6) is 0 Å². The van der Waals surface area contributed by atoms with Gasteiger partial charge in [0, 0.05) is 25.4 Å². The summed E-state index contributed by atoms with van der Waals surface area (Å²) >= 11 is 6.74. The van der Waals surface area contributed by atoms with Gasteiger partial charge in [0.25, 0.3) is 0 Å². The summed E-state index contributed by atoms with van der Waals surface area (Å²) in [5, 5.41) is 10.9. The molecule has 0 saturated carbocycles. The highest BCUT2D eigenvalue weighted by Gasteiger charge is 2.15. The van der Waals surface area contributed by atoms with Crippen LogP contribution in [-0.4, -0.2) is 26.3 Å². The Bertz CT molecular complexity index is 599. The summed E-state index contributed by atoms with van der Waals surface area (Å²) in [5.74, 6) is 0.872. The van der Waals surface area contributed by atoms with E-state index in [1.165, 1.54) is 0 Å². The van der Waals surface area contributed by atoms with Gasteiger partial charge in [0.1, 0.15) is 10.8 Å². The second-order valence-electron chi connectivity index (χ2n) is 4.33. The summed E-state index contributed by atoms with van der Waals surface area (Å²) < 4.78 is 1.77. The lowest BCUT2D eigenvalue weighted by atomic mass is 10.2. The van der Waals surface area contributed by atoms with Crippen molar-refractivity contribution in [2.75, 3.05) is 11.9 Å². The number of nitrogens with two attached hydrogens (primary N) is 1. The Labute approximate surface area is 121 Å². The quantitative estimate of drug-likeness (QED) is 0.823. The second-order valence-corrected chi connectivity index (χ2v) is 5.83. The fourth-order valence-electron chi connectivity index (χ4n) is 1.99. The Morgan fingerprint density at radius 3 is 2.84 bits per heavy atom. The average Bonchev–Trinajstić information content (AvgIpc) is 2.84. The zero-order chi connectivity index (χ0) is 14.0. The molecule has 0 aliphatic carbocycles. The van der Waals surface area contributed by atoms with Crippen molar-refractivity contribution in [3.63, 3.8) is 0 Å². The minimum atomic E-state index is 0.373. The Morgan fingerprint density at radius 2 is 2.26 bits per heavy atom. The highest BCUT2D eigenvalue weighted by atomic mass is 32.1. The molecular weight excluding hydrogens is 278 g/mol. The van der Waals surface area contributed by atoms with Gasteiger partial charge in [-0.05, 0) is 13.8 Å². The monoisotopic (exact) mass is 295 g/mol. The lowest BCUT2D eigenvalue weighted by Crippen LogP contribution is -2.16. The first-order valence-corrected chi connectivity index (χ1v) is 7.26. The number of aromatic nitrogens is 3. The van der Waals surface area contributed by atoms with Gasteiger partial charge in [0.2, 0.25) is 0 Å². The summed E-state index contributed by atoms with van der Waals surface area (Å²) in [6.07, 6.45) is 0.866. The molecule has 19 heavy (non-hydrogen) atoms. The third-order valence-electron chi connectivity index (χ3n) is 2.81.